The van der Waals surface area contributed by atoms with Gasteiger partial charge in [0.1, 0.15) is 0 Å². The highest BCUT2D eigenvalue weighted by Gasteiger charge is 2.16. The summed E-state index contributed by atoms with van der Waals surface area (Å²) >= 11 is 0. The van der Waals surface area contributed by atoms with Crippen LogP contribution in [0.3, 0.4) is 0 Å². The van der Waals surface area contributed by atoms with E-state index in [0.717, 1.165) is 12.1 Å². The fourth-order valence-corrected chi connectivity index (χ4v) is 2.03. The highest BCUT2D eigenvalue weighted by Crippen LogP contribution is 2.27. The van der Waals surface area contributed by atoms with Crippen LogP contribution in [-0.2, 0) is 11.2 Å². The zero-order chi connectivity index (χ0) is 15.9. The predicted molar refractivity (Wildman–Crippen MR) is 87.5 cm³/mol. The van der Waals surface area contributed by atoms with Crippen molar-refractivity contribution in [3.63, 3.8) is 0 Å². The van der Waals surface area contributed by atoms with Gasteiger partial charge in [0.15, 0.2) is 17.6 Å². The molecular weight excluding hydrogens is 278 g/mol. The van der Waals surface area contributed by atoms with Crippen LogP contribution < -0.4 is 14.8 Å². The molecule has 116 valence electrons. The van der Waals surface area contributed by atoms with Crippen molar-refractivity contribution >= 4 is 11.6 Å². The molecule has 2 rings (SSSR count). The summed E-state index contributed by atoms with van der Waals surface area (Å²) in [6.45, 7) is 3.80. The molecule has 0 bridgehead atoms. The molecule has 2 aromatic carbocycles. The fourth-order valence-electron chi connectivity index (χ4n) is 2.03. The molecule has 0 spiro atoms. The first-order chi connectivity index (χ1) is 10.6. The van der Waals surface area contributed by atoms with E-state index in [1.54, 1.807) is 26.2 Å². The molecule has 0 radical (unpaired) electrons. The van der Waals surface area contributed by atoms with Gasteiger partial charge in [-0.25, -0.2) is 0 Å². The first kappa shape index (κ1) is 15.9. The Morgan fingerprint density at radius 3 is 2.32 bits per heavy atom. The second-order valence-electron chi connectivity index (χ2n) is 4.95. The van der Waals surface area contributed by atoms with Crippen molar-refractivity contribution in [1.82, 2.24) is 0 Å². The monoisotopic (exact) mass is 299 g/mol. The van der Waals surface area contributed by atoms with Crippen LogP contribution >= 0.6 is 0 Å². The predicted octanol–water partition coefficient (Wildman–Crippen LogP) is 3.66. The lowest BCUT2D eigenvalue weighted by Gasteiger charge is -2.16. The molecule has 1 unspecified atom stereocenters. The molecule has 1 amide bonds. The average Bonchev–Trinajstić information content (AvgIpc) is 2.56. The Balaban J connectivity index is 1.99. The molecule has 0 heterocycles. The van der Waals surface area contributed by atoms with E-state index in [2.05, 4.69) is 12.2 Å². The molecule has 0 fully saturated rings. The molecular formula is C18H21NO3. The number of carbonyl (C=O) groups is 1. The number of rotatable bonds is 6. The summed E-state index contributed by atoms with van der Waals surface area (Å²) in [4.78, 5) is 12.2. The summed E-state index contributed by atoms with van der Waals surface area (Å²) in [5.74, 6) is 0.957. The lowest BCUT2D eigenvalue weighted by Crippen LogP contribution is -2.30. The van der Waals surface area contributed by atoms with Crippen LogP contribution in [0.1, 0.15) is 19.4 Å². The number of anilines is 1. The van der Waals surface area contributed by atoms with Gasteiger partial charge in [0.2, 0.25) is 0 Å². The number of methoxy groups -OCH3 is 1. The summed E-state index contributed by atoms with van der Waals surface area (Å²) < 4.78 is 10.9. The number of para-hydroxylation sites is 2. The van der Waals surface area contributed by atoms with E-state index in [-0.39, 0.29) is 5.91 Å². The lowest BCUT2D eigenvalue weighted by molar-refractivity contribution is -0.122. The van der Waals surface area contributed by atoms with Gasteiger partial charge in [-0.15, -0.1) is 0 Å². The zero-order valence-corrected chi connectivity index (χ0v) is 13.1. The van der Waals surface area contributed by atoms with Crippen LogP contribution in [0.15, 0.2) is 48.5 Å². The van der Waals surface area contributed by atoms with Gasteiger partial charge in [-0.1, -0.05) is 31.2 Å². The molecule has 0 saturated carbocycles. The van der Waals surface area contributed by atoms with Crippen LogP contribution in [0.4, 0.5) is 5.69 Å². The Kier molecular flexibility index (Phi) is 5.42. The summed E-state index contributed by atoms with van der Waals surface area (Å²) in [7, 11) is 1.57. The third-order valence-electron chi connectivity index (χ3n) is 3.37. The minimum atomic E-state index is -0.623. The molecule has 0 aliphatic rings. The normalized spacial score (nSPS) is 11.6. The average molecular weight is 299 g/mol. The van der Waals surface area contributed by atoms with Crippen LogP contribution in [0.2, 0.25) is 0 Å². The third-order valence-corrected chi connectivity index (χ3v) is 3.37. The molecule has 0 aromatic heterocycles. The second-order valence-corrected chi connectivity index (χ2v) is 4.95. The molecule has 22 heavy (non-hydrogen) atoms. The van der Waals surface area contributed by atoms with E-state index in [1.165, 1.54) is 5.56 Å². The summed E-state index contributed by atoms with van der Waals surface area (Å²) in [6.07, 6.45) is 0.351. The number of nitrogens with one attached hydrogen (secondary N) is 1. The van der Waals surface area contributed by atoms with Gasteiger partial charge in [-0.3, -0.25) is 4.79 Å². The maximum atomic E-state index is 12.2. The standard InChI is InChI=1S/C18H21NO3/c1-4-14-9-11-15(12-10-14)19-18(20)13(2)22-17-8-6-5-7-16(17)21-3/h5-13H,4H2,1-3H3,(H,19,20). The van der Waals surface area contributed by atoms with Gasteiger partial charge in [0.05, 0.1) is 7.11 Å². The Morgan fingerprint density at radius 1 is 1.09 bits per heavy atom. The number of aryl methyl sites for hydroxylation is 1. The van der Waals surface area contributed by atoms with Crippen LogP contribution in [-0.4, -0.2) is 19.1 Å². The first-order valence-corrected chi connectivity index (χ1v) is 7.33. The van der Waals surface area contributed by atoms with Crippen molar-refractivity contribution in [3.05, 3.63) is 54.1 Å². The zero-order valence-electron chi connectivity index (χ0n) is 13.1. The molecule has 4 nitrogen and oxygen atoms in total. The van der Waals surface area contributed by atoms with Gasteiger partial charge in [0.25, 0.3) is 5.91 Å². The summed E-state index contributed by atoms with van der Waals surface area (Å²) in [5, 5.41) is 2.85. The van der Waals surface area contributed by atoms with Crippen LogP contribution in [0, 0.1) is 0 Å². The number of amides is 1. The SMILES string of the molecule is CCc1ccc(NC(=O)C(C)Oc2ccccc2OC)cc1. The van der Waals surface area contributed by atoms with Gasteiger partial charge in [-0.2, -0.15) is 0 Å². The number of ether oxygens (including phenoxy) is 2. The van der Waals surface area contributed by atoms with Gasteiger partial charge in [-0.05, 0) is 43.2 Å². The number of benzene rings is 2. The van der Waals surface area contributed by atoms with Crippen molar-refractivity contribution in [1.29, 1.82) is 0 Å². The molecule has 1 N–H and O–H groups in total. The second kappa shape index (κ2) is 7.50. The Labute approximate surface area is 131 Å². The Bertz CT molecular complexity index is 622. The van der Waals surface area contributed by atoms with Crippen molar-refractivity contribution < 1.29 is 14.3 Å². The molecule has 4 heteroatoms. The van der Waals surface area contributed by atoms with Crippen LogP contribution in [0.5, 0.6) is 11.5 Å². The summed E-state index contributed by atoms with van der Waals surface area (Å²) in [6, 6.07) is 15.1. The first-order valence-electron chi connectivity index (χ1n) is 7.33. The highest BCUT2D eigenvalue weighted by atomic mass is 16.5. The highest BCUT2D eigenvalue weighted by molar-refractivity contribution is 5.94. The minimum absolute atomic E-state index is 0.199. The Hall–Kier alpha value is -2.49. The Morgan fingerprint density at radius 2 is 1.73 bits per heavy atom. The molecule has 0 aliphatic heterocycles. The maximum absolute atomic E-state index is 12.2. The van der Waals surface area contributed by atoms with Crippen molar-refractivity contribution in [3.8, 4) is 11.5 Å². The van der Waals surface area contributed by atoms with E-state index in [4.69, 9.17) is 9.47 Å². The van der Waals surface area contributed by atoms with Gasteiger partial charge >= 0.3 is 0 Å². The largest absolute Gasteiger partial charge is 0.493 e. The van der Waals surface area contributed by atoms with Gasteiger partial charge in [0, 0.05) is 5.69 Å². The number of hydrogen-bond acceptors (Lipinski definition) is 3. The summed E-state index contributed by atoms with van der Waals surface area (Å²) in [5.41, 5.74) is 1.99. The van der Waals surface area contributed by atoms with E-state index in [1.807, 2.05) is 36.4 Å². The molecule has 0 aliphatic carbocycles. The van der Waals surface area contributed by atoms with Crippen molar-refractivity contribution in [2.24, 2.45) is 0 Å². The van der Waals surface area contributed by atoms with E-state index < -0.39 is 6.10 Å². The van der Waals surface area contributed by atoms with Gasteiger partial charge < -0.3 is 14.8 Å². The maximum Gasteiger partial charge on any atom is 0.265 e. The van der Waals surface area contributed by atoms with Crippen molar-refractivity contribution in [2.45, 2.75) is 26.4 Å². The molecule has 0 saturated heterocycles. The third kappa shape index (κ3) is 4.01. The van der Waals surface area contributed by atoms with Crippen LogP contribution in [0.25, 0.3) is 0 Å². The van der Waals surface area contributed by atoms with E-state index >= 15 is 0 Å². The number of hydrogen-bond donors (Lipinski definition) is 1. The smallest absolute Gasteiger partial charge is 0.265 e. The molecule has 1 atom stereocenters. The molecule has 2 aromatic rings. The lowest BCUT2D eigenvalue weighted by atomic mass is 10.1. The van der Waals surface area contributed by atoms with Crippen molar-refractivity contribution in [2.75, 3.05) is 12.4 Å². The number of carbonyl (C=O) groups excluding carboxylic acids is 1. The quantitative estimate of drug-likeness (QED) is 0.885. The fraction of sp³-hybridized carbons (Fsp3) is 0.278. The van der Waals surface area contributed by atoms with E-state index in [0.29, 0.717) is 11.5 Å². The topological polar surface area (TPSA) is 47.6 Å². The van der Waals surface area contributed by atoms with E-state index in [9.17, 15) is 4.79 Å². The minimum Gasteiger partial charge on any atom is -0.493 e.